The Hall–Kier alpha value is -2.87. The van der Waals surface area contributed by atoms with Gasteiger partial charge < -0.3 is 19.9 Å². The molecule has 1 fully saturated rings. The molecule has 0 atom stereocenters. The normalized spacial score (nSPS) is 14.8. The fourth-order valence-electron chi connectivity index (χ4n) is 3.08. The molecule has 150 valence electrons. The molecule has 2 aromatic rings. The van der Waals surface area contributed by atoms with Gasteiger partial charge in [0.2, 0.25) is 5.91 Å². The molecule has 1 aliphatic rings. The number of nitrogens with zero attached hydrogens (tertiary/aromatic N) is 4. The van der Waals surface area contributed by atoms with E-state index in [1.807, 2.05) is 43.1 Å². The molecule has 1 saturated heterocycles. The standard InChI is InChI=1S/C20H27N5O3/c1-15-12-18(20(27)24-10-8-23(2)9-11-24)22-25(15)14-19(26)21-13-16-4-6-17(28-3)7-5-16/h4-7,12H,8-11,13-14H2,1-3H3,(H,21,26). The maximum atomic E-state index is 12.6. The largest absolute Gasteiger partial charge is 0.497 e. The number of nitrogens with one attached hydrogen (secondary N) is 1. The fraction of sp³-hybridized carbons (Fsp3) is 0.450. The topological polar surface area (TPSA) is 79.7 Å². The zero-order valence-electron chi connectivity index (χ0n) is 16.6. The Morgan fingerprint density at radius 1 is 1.14 bits per heavy atom. The van der Waals surface area contributed by atoms with E-state index in [2.05, 4.69) is 15.3 Å². The number of benzene rings is 1. The highest BCUT2D eigenvalue weighted by Gasteiger charge is 2.23. The van der Waals surface area contributed by atoms with E-state index >= 15 is 0 Å². The molecule has 0 aliphatic carbocycles. The molecule has 0 saturated carbocycles. The Morgan fingerprint density at radius 2 is 1.82 bits per heavy atom. The quantitative estimate of drug-likeness (QED) is 0.799. The van der Waals surface area contributed by atoms with Crippen LogP contribution in [0.5, 0.6) is 5.75 Å². The Balaban J connectivity index is 1.55. The minimum absolute atomic E-state index is 0.0754. The average molecular weight is 385 g/mol. The Bertz CT molecular complexity index is 823. The highest BCUT2D eigenvalue weighted by Crippen LogP contribution is 2.11. The molecule has 1 N–H and O–H groups in total. The van der Waals surface area contributed by atoms with Gasteiger partial charge in [-0.3, -0.25) is 14.3 Å². The fourth-order valence-corrected chi connectivity index (χ4v) is 3.08. The van der Waals surface area contributed by atoms with Gasteiger partial charge in [0.05, 0.1) is 7.11 Å². The van der Waals surface area contributed by atoms with Gasteiger partial charge in [0.1, 0.15) is 12.3 Å². The van der Waals surface area contributed by atoms with Gasteiger partial charge in [0.15, 0.2) is 5.69 Å². The van der Waals surface area contributed by atoms with Crippen LogP contribution in [0.3, 0.4) is 0 Å². The van der Waals surface area contributed by atoms with Crippen LogP contribution < -0.4 is 10.1 Å². The third-order valence-corrected chi connectivity index (χ3v) is 4.93. The summed E-state index contributed by atoms with van der Waals surface area (Å²) < 4.78 is 6.70. The number of rotatable bonds is 6. The van der Waals surface area contributed by atoms with Crippen LogP contribution >= 0.6 is 0 Å². The lowest BCUT2D eigenvalue weighted by Gasteiger charge is -2.31. The Morgan fingerprint density at radius 3 is 2.46 bits per heavy atom. The van der Waals surface area contributed by atoms with E-state index in [0.717, 1.165) is 30.1 Å². The zero-order valence-corrected chi connectivity index (χ0v) is 16.6. The van der Waals surface area contributed by atoms with E-state index in [4.69, 9.17) is 4.74 Å². The van der Waals surface area contributed by atoms with Crippen LogP contribution in [-0.4, -0.2) is 71.7 Å². The minimum Gasteiger partial charge on any atom is -0.497 e. The monoisotopic (exact) mass is 385 g/mol. The van der Waals surface area contributed by atoms with Gasteiger partial charge in [-0.25, -0.2) is 0 Å². The number of carbonyl (C=O) groups is 2. The van der Waals surface area contributed by atoms with Crippen LogP contribution in [0.2, 0.25) is 0 Å². The van der Waals surface area contributed by atoms with Crippen molar-refractivity contribution in [3.8, 4) is 5.75 Å². The van der Waals surface area contributed by atoms with Crippen LogP contribution in [0.1, 0.15) is 21.7 Å². The summed E-state index contributed by atoms with van der Waals surface area (Å²) in [5, 5.41) is 7.23. The summed E-state index contributed by atoms with van der Waals surface area (Å²) in [5.74, 6) is 0.550. The molecule has 2 amide bonds. The number of methoxy groups -OCH3 is 1. The van der Waals surface area contributed by atoms with Gasteiger partial charge in [0, 0.05) is 38.4 Å². The third-order valence-electron chi connectivity index (χ3n) is 4.93. The van der Waals surface area contributed by atoms with Crippen molar-refractivity contribution in [2.45, 2.75) is 20.0 Å². The van der Waals surface area contributed by atoms with Crippen LogP contribution in [0.15, 0.2) is 30.3 Å². The number of likely N-dealkylation sites (N-methyl/N-ethyl adjacent to an activating group) is 1. The number of aromatic nitrogens is 2. The van der Waals surface area contributed by atoms with Crippen molar-refractivity contribution in [2.75, 3.05) is 40.3 Å². The van der Waals surface area contributed by atoms with Gasteiger partial charge in [-0.2, -0.15) is 5.10 Å². The van der Waals surface area contributed by atoms with Crippen molar-refractivity contribution in [3.05, 3.63) is 47.3 Å². The van der Waals surface area contributed by atoms with E-state index in [0.29, 0.717) is 25.3 Å². The molecule has 3 rings (SSSR count). The van der Waals surface area contributed by atoms with E-state index in [1.54, 1.807) is 17.9 Å². The summed E-state index contributed by atoms with van der Waals surface area (Å²) >= 11 is 0. The molecule has 28 heavy (non-hydrogen) atoms. The molecular weight excluding hydrogens is 358 g/mol. The highest BCUT2D eigenvalue weighted by atomic mass is 16.5. The number of hydrogen-bond acceptors (Lipinski definition) is 5. The molecular formula is C20H27N5O3. The first kappa shape index (κ1) is 19.9. The zero-order chi connectivity index (χ0) is 20.1. The van der Waals surface area contributed by atoms with Crippen molar-refractivity contribution < 1.29 is 14.3 Å². The summed E-state index contributed by atoms with van der Waals surface area (Å²) in [4.78, 5) is 28.9. The second kappa shape index (κ2) is 8.88. The van der Waals surface area contributed by atoms with Gasteiger partial charge in [-0.15, -0.1) is 0 Å². The summed E-state index contributed by atoms with van der Waals surface area (Å²) in [5.41, 5.74) is 2.17. The predicted octanol–water partition coefficient (Wildman–Crippen LogP) is 0.904. The predicted molar refractivity (Wildman–Crippen MR) is 105 cm³/mol. The maximum absolute atomic E-state index is 12.6. The number of piperazine rings is 1. The molecule has 1 aromatic heterocycles. The lowest BCUT2D eigenvalue weighted by atomic mass is 10.2. The van der Waals surface area contributed by atoms with Gasteiger partial charge in [0.25, 0.3) is 5.91 Å². The summed E-state index contributed by atoms with van der Waals surface area (Å²) in [6.45, 7) is 5.48. The van der Waals surface area contributed by atoms with Gasteiger partial charge in [-0.05, 0) is 37.7 Å². The lowest BCUT2D eigenvalue weighted by molar-refractivity contribution is -0.122. The molecule has 1 aliphatic heterocycles. The van der Waals surface area contributed by atoms with Gasteiger partial charge in [-0.1, -0.05) is 12.1 Å². The summed E-state index contributed by atoms with van der Waals surface area (Å²) in [6, 6.07) is 9.28. The number of aryl methyl sites for hydroxylation is 1. The average Bonchev–Trinajstić information content (AvgIpc) is 3.07. The smallest absolute Gasteiger partial charge is 0.274 e. The van der Waals surface area contributed by atoms with Crippen molar-refractivity contribution in [1.29, 1.82) is 0 Å². The van der Waals surface area contributed by atoms with Crippen LogP contribution in [-0.2, 0) is 17.9 Å². The molecule has 8 nitrogen and oxygen atoms in total. The summed E-state index contributed by atoms with van der Waals surface area (Å²) in [7, 11) is 3.66. The van der Waals surface area contributed by atoms with Crippen LogP contribution in [0, 0.1) is 6.92 Å². The van der Waals surface area contributed by atoms with Crippen molar-refractivity contribution in [1.82, 2.24) is 24.9 Å². The van der Waals surface area contributed by atoms with E-state index in [1.165, 1.54) is 0 Å². The Labute approximate surface area is 165 Å². The molecule has 0 bridgehead atoms. The lowest BCUT2D eigenvalue weighted by Crippen LogP contribution is -2.47. The SMILES string of the molecule is COc1ccc(CNC(=O)Cn2nc(C(=O)N3CCN(C)CC3)cc2C)cc1. The number of hydrogen-bond donors (Lipinski definition) is 1. The molecule has 1 aromatic carbocycles. The number of amides is 2. The second-order valence-electron chi connectivity index (χ2n) is 7.05. The number of ether oxygens (including phenoxy) is 1. The minimum atomic E-state index is -0.152. The van der Waals surface area contributed by atoms with E-state index < -0.39 is 0 Å². The third kappa shape index (κ3) is 4.89. The Kier molecular flexibility index (Phi) is 6.30. The van der Waals surface area contributed by atoms with Crippen molar-refractivity contribution in [3.63, 3.8) is 0 Å². The van der Waals surface area contributed by atoms with E-state index in [-0.39, 0.29) is 18.4 Å². The molecule has 8 heteroatoms. The van der Waals surface area contributed by atoms with Gasteiger partial charge >= 0.3 is 0 Å². The molecule has 0 spiro atoms. The first-order valence-electron chi connectivity index (χ1n) is 9.38. The molecule has 2 heterocycles. The second-order valence-corrected chi connectivity index (χ2v) is 7.05. The molecule has 0 unspecified atom stereocenters. The van der Waals surface area contributed by atoms with Crippen LogP contribution in [0.25, 0.3) is 0 Å². The summed E-state index contributed by atoms with van der Waals surface area (Å²) in [6.07, 6.45) is 0. The molecule has 0 radical (unpaired) electrons. The number of carbonyl (C=O) groups excluding carboxylic acids is 2. The van der Waals surface area contributed by atoms with E-state index in [9.17, 15) is 9.59 Å². The maximum Gasteiger partial charge on any atom is 0.274 e. The first-order valence-corrected chi connectivity index (χ1v) is 9.38. The highest BCUT2D eigenvalue weighted by molar-refractivity contribution is 5.92. The van der Waals surface area contributed by atoms with Crippen LogP contribution in [0.4, 0.5) is 0 Å². The first-order chi connectivity index (χ1) is 13.5. The van der Waals surface area contributed by atoms with Crippen molar-refractivity contribution >= 4 is 11.8 Å². The van der Waals surface area contributed by atoms with Crippen molar-refractivity contribution in [2.24, 2.45) is 0 Å².